The number of hydrogen-bond donors (Lipinski definition) is 1. The van der Waals surface area contributed by atoms with Crippen LogP contribution in [0.3, 0.4) is 0 Å². The van der Waals surface area contributed by atoms with Gasteiger partial charge in [-0.25, -0.2) is 9.97 Å². The number of nitrogens with one attached hydrogen (secondary N) is 1. The van der Waals surface area contributed by atoms with Gasteiger partial charge in [0.1, 0.15) is 24.2 Å². The highest BCUT2D eigenvalue weighted by molar-refractivity contribution is 6.31. The molecule has 8 nitrogen and oxygen atoms in total. The SMILES string of the molecule is CC1(C)[C@H](NC(=O)c2cnc(N3CC[C@@H](C=O)C3)nc2)C(C)(C)[C@H]1Oc1ccc(C#N)c(Cl)c1. The molecule has 178 valence electrons. The zero-order valence-electron chi connectivity index (χ0n) is 19.7. The molecule has 2 fully saturated rings. The van der Waals surface area contributed by atoms with Crippen LogP contribution in [-0.2, 0) is 4.79 Å². The molecular formula is C25H28ClN5O3. The van der Waals surface area contributed by atoms with Crippen LogP contribution in [0.1, 0.15) is 50.0 Å². The van der Waals surface area contributed by atoms with Crippen molar-refractivity contribution in [3.63, 3.8) is 0 Å². The summed E-state index contributed by atoms with van der Waals surface area (Å²) in [6, 6.07) is 6.91. The summed E-state index contributed by atoms with van der Waals surface area (Å²) < 4.78 is 6.27. The number of rotatable bonds is 6. The summed E-state index contributed by atoms with van der Waals surface area (Å²) in [7, 11) is 0. The molecule has 34 heavy (non-hydrogen) atoms. The van der Waals surface area contributed by atoms with E-state index in [1.807, 2.05) is 11.0 Å². The maximum Gasteiger partial charge on any atom is 0.254 e. The highest BCUT2D eigenvalue weighted by atomic mass is 35.5. The predicted molar refractivity (Wildman–Crippen MR) is 128 cm³/mol. The predicted octanol–water partition coefficient (Wildman–Crippen LogP) is 3.64. The van der Waals surface area contributed by atoms with Gasteiger partial charge in [-0.05, 0) is 18.6 Å². The minimum Gasteiger partial charge on any atom is -0.489 e. The van der Waals surface area contributed by atoms with E-state index in [9.17, 15) is 9.59 Å². The smallest absolute Gasteiger partial charge is 0.254 e. The van der Waals surface area contributed by atoms with Crippen molar-refractivity contribution >= 4 is 29.7 Å². The number of amides is 1. The second-order valence-corrected chi connectivity index (χ2v) is 10.6. The number of halogens is 1. The monoisotopic (exact) mass is 481 g/mol. The molecule has 1 aliphatic heterocycles. The van der Waals surface area contributed by atoms with Crippen molar-refractivity contribution in [3.05, 3.63) is 46.7 Å². The first-order valence-electron chi connectivity index (χ1n) is 11.3. The Balaban J connectivity index is 1.42. The minimum absolute atomic E-state index is 0.00475. The van der Waals surface area contributed by atoms with Gasteiger partial charge in [-0.2, -0.15) is 5.26 Å². The van der Waals surface area contributed by atoms with Gasteiger partial charge in [0, 0.05) is 54.3 Å². The highest BCUT2D eigenvalue weighted by Gasteiger charge is 2.64. The molecule has 1 aliphatic carbocycles. The number of anilines is 1. The fourth-order valence-corrected chi connectivity index (χ4v) is 5.70. The molecule has 0 unspecified atom stereocenters. The number of aromatic nitrogens is 2. The van der Waals surface area contributed by atoms with Gasteiger partial charge in [0.2, 0.25) is 5.95 Å². The van der Waals surface area contributed by atoms with Crippen molar-refractivity contribution in [1.29, 1.82) is 5.26 Å². The van der Waals surface area contributed by atoms with Crippen LogP contribution >= 0.6 is 11.6 Å². The number of nitriles is 1. The molecule has 1 aromatic carbocycles. The van der Waals surface area contributed by atoms with Gasteiger partial charge in [0.25, 0.3) is 5.91 Å². The Morgan fingerprint density at radius 3 is 2.50 bits per heavy atom. The number of ether oxygens (including phenoxy) is 1. The van der Waals surface area contributed by atoms with Crippen LogP contribution in [0.4, 0.5) is 5.95 Å². The number of carbonyl (C=O) groups excluding carboxylic acids is 2. The molecule has 0 radical (unpaired) electrons. The molecule has 1 amide bonds. The van der Waals surface area contributed by atoms with Crippen molar-refractivity contribution in [1.82, 2.24) is 15.3 Å². The minimum atomic E-state index is -0.361. The van der Waals surface area contributed by atoms with Gasteiger partial charge in [-0.1, -0.05) is 39.3 Å². The van der Waals surface area contributed by atoms with Crippen LogP contribution in [0.15, 0.2) is 30.6 Å². The molecule has 9 heteroatoms. The van der Waals surface area contributed by atoms with Crippen LogP contribution in [0.25, 0.3) is 0 Å². The van der Waals surface area contributed by atoms with Gasteiger partial charge in [-0.3, -0.25) is 4.79 Å². The van der Waals surface area contributed by atoms with E-state index in [4.69, 9.17) is 21.6 Å². The average Bonchev–Trinajstić information content (AvgIpc) is 3.30. The molecule has 0 spiro atoms. The Labute approximate surface area is 204 Å². The maximum absolute atomic E-state index is 13.0. The molecular weight excluding hydrogens is 454 g/mol. The molecule has 1 atom stereocenters. The molecule has 1 aromatic heterocycles. The van der Waals surface area contributed by atoms with E-state index in [1.165, 1.54) is 12.4 Å². The summed E-state index contributed by atoms with van der Waals surface area (Å²) >= 11 is 6.16. The molecule has 2 aromatic rings. The van der Waals surface area contributed by atoms with E-state index in [0.29, 0.717) is 34.4 Å². The van der Waals surface area contributed by atoms with Crippen LogP contribution in [0, 0.1) is 28.1 Å². The third-order valence-electron chi connectivity index (χ3n) is 7.03. The fourth-order valence-electron chi connectivity index (χ4n) is 5.49. The molecule has 2 heterocycles. The summed E-state index contributed by atoms with van der Waals surface area (Å²) in [5.41, 5.74) is 0.0527. The largest absolute Gasteiger partial charge is 0.489 e. The second-order valence-electron chi connectivity index (χ2n) is 10.2. The van der Waals surface area contributed by atoms with Crippen molar-refractivity contribution in [2.45, 2.75) is 46.3 Å². The lowest BCUT2D eigenvalue weighted by Crippen LogP contribution is -2.74. The Morgan fingerprint density at radius 2 is 1.94 bits per heavy atom. The zero-order valence-corrected chi connectivity index (χ0v) is 20.5. The van der Waals surface area contributed by atoms with Crippen molar-refractivity contribution in [2.24, 2.45) is 16.7 Å². The van der Waals surface area contributed by atoms with Crippen LogP contribution in [0.2, 0.25) is 5.02 Å². The summed E-state index contributed by atoms with van der Waals surface area (Å²) in [5.74, 6) is 0.872. The summed E-state index contributed by atoms with van der Waals surface area (Å²) in [6.07, 6.45) is 4.62. The lowest BCUT2D eigenvalue weighted by atomic mass is 9.49. The van der Waals surface area contributed by atoms with E-state index in [-0.39, 0.29) is 34.8 Å². The van der Waals surface area contributed by atoms with E-state index < -0.39 is 0 Å². The Kier molecular flexibility index (Phi) is 6.26. The summed E-state index contributed by atoms with van der Waals surface area (Å²) in [5, 5.41) is 12.6. The molecule has 2 aliphatic rings. The van der Waals surface area contributed by atoms with Crippen LogP contribution in [-0.4, -0.2) is 47.4 Å². The second kappa shape index (κ2) is 8.88. The normalized spacial score (nSPS) is 24.6. The Hall–Kier alpha value is -3.18. The van der Waals surface area contributed by atoms with Crippen molar-refractivity contribution in [2.75, 3.05) is 18.0 Å². The topological polar surface area (TPSA) is 108 Å². The highest BCUT2D eigenvalue weighted by Crippen LogP contribution is 2.55. The Bertz CT molecular complexity index is 1130. The van der Waals surface area contributed by atoms with Gasteiger partial charge in [0.05, 0.1) is 16.1 Å². The lowest BCUT2D eigenvalue weighted by molar-refractivity contribution is -0.164. The Morgan fingerprint density at radius 1 is 1.26 bits per heavy atom. The quantitative estimate of drug-likeness (QED) is 0.627. The molecule has 1 saturated heterocycles. The van der Waals surface area contributed by atoms with Gasteiger partial charge >= 0.3 is 0 Å². The van der Waals surface area contributed by atoms with E-state index in [2.05, 4.69) is 43.0 Å². The van der Waals surface area contributed by atoms with E-state index in [0.717, 1.165) is 19.3 Å². The molecule has 1 N–H and O–H groups in total. The number of nitrogens with zero attached hydrogens (tertiary/aromatic N) is 4. The third-order valence-corrected chi connectivity index (χ3v) is 7.34. The number of carbonyl (C=O) groups is 2. The van der Waals surface area contributed by atoms with Crippen molar-refractivity contribution in [3.8, 4) is 11.8 Å². The number of benzene rings is 1. The van der Waals surface area contributed by atoms with E-state index >= 15 is 0 Å². The first-order chi connectivity index (χ1) is 16.1. The zero-order chi connectivity index (χ0) is 24.7. The average molecular weight is 482 g/mol. The van der Waals surface area contributed by atoms with Gasteiger partial charge in [-0.15, -0.1) is 0 Å². The van der Waals surface area contributed by atoms with Crippen molar-refractivity contribution < 1.29 is 14.3 Å². The standard InChI is InChI=1S/C25H28ClN5O3/c1-24(2)21(25(3,4)22(24)34-18-6-5-16(10-27)19(26)9-18)30-20(33)17-11-28-23(29-12-17)31-8-7-15(13-31)14-32/h5-6,9,11-12,14-15,21-22H,7-8,13H2,1-4H3,(H,30,33)/t15-,21-,22-/m1/s1. The van der Waals surface area contributed by atoms with Crippen LogP contribution < -0.4 is 15.0 Å². The fraction of sp³-hybridized carbons (Fsp3) is 0.480. The van der Waals surface area contributed by atoms with Gasteiger partial charge in [0.15, 0.2) is 0 Å². The van der Waals surface area contributed by atoms with E-state index in [1.54, 1.807) is 18.2 Å². The third kappa shape index (κ3) is 4.21. The first kappa shape index (κ1) is 24.0. The molecule has 0 bridgehead atoms. The van der Waals surface area contributed by atoms with Gasteiger partial charge < -0.3 is 19.7 Å². The summed E-state index contributed by atoms with van der Waals surface area (Å²) in [4.78, 5) is 34.6. The molecule has 4 rings (SSSR count). The maximum atomic E-state index is 13.0. The first-order valence-corrected chi connectivity index (χ1v) is 11.6. The summed E-state index contributed by atoms with van der Waals surface area (Å²) in [6.45, 7) is 9.53. The van der Waals surface area contributed by atoms with Crippen LogP contribution in [0.5, 0.6) is 5.75 Å². The molecule has 1 saturated carbocycles. The number of aldehydes is 1. The number of hydrogen-bond acceptors (Lipinski definition) is 7. The lowest BCUT2D eigenvalue weighted by Gasteiger charge is -2.63.